The molecule has 7 rings (SSSR count). The molecule has 3 fully saturated rings. The van der Waals surface area contributed by atoms with E-state index in [0.29, 0.717) is 40.5 Å². The Hall–Kier alpha value is -4.58. The van der Waals surface area contributed by atoms with E-state index < -0.39 is 14.2 Å². The molecule has 0 radical (unpaired) electrons. The van der Waals surface area contributed by atoms with Crippen molar-refractivity contribution < 1.29 is 28.3 Å². The number of nitriles is 1. The van der Waals surface area contributed by atoms with E-state index in [2.05, 4.69) is 66.4 Å². The van der Waals surface area contributed by atoms with Gasteiger partial charge in [0.15, 0.2) is 19.9 Å². The van der Waals surface area contributed by atoms with Gasteiger partial charge in [0.05, 0.1) is 12.7 Å². The Morgan fingerprint density at radius 1 is 0.803 bits per heavy atom. The molecule has 0 amide bonds. The highest BCUT2D eigenvalue weighted by molar-refractivity contribution is 6.71. The van der Waals surface area contributed by atoms with Crippen LogP contribution in [0.1, 0.15) is 171 Å². The largest absolute Gasteiger partial charge is 0.494 e. The summed E-state index contributed by atoms with van der Waals surface area (Å²) < 4.78 is 17.1. The van der Waals surface area contributed by atoms with Crippen molar-refractivity contribution in [2.24, 2.45) is 52.3 Å². The van der Waals surface area contributed by atoms with E-state index in [1.165, 1.54) is 63.9 Å². The van der Waals surface area contributed by atoms with Crippen LogP contribution >= 0.6 is 0 Å². The highest BCUT2D eigenvalue weighted by Crippen LogP contribution is 2.67. The highest BCUT2D eigenvalue weighted by Gasteiger charge is 2.59. The number of fused-ring (bicyclic) bond motifs is 5. The Morgan fingerprint density at radius 3 is 2.07 bits per heavy atom. The van der Waals surface area contributed by atoms with Crippen LogP contribution in [0.2, 0.25) is 19.1 Å². The number of esters is 1. The molecular weight excluding hydrogens is 895 g/mol. The van der Waals surface area contributed by atoms with Crippen molar-refractivity contribution in [3.05, 3.63) is 114 Å². The molecule has 4 aliphatic rings. The average Bonchev–Trinajstić information content (AvgIpc) is 3.74. The van der Waals surface area contributed by atoms with Crippen LogP contribution in [0.25, 0.3) is 11.1 Å². The molecule has 0 spiro atoms. The topological polar surface area (TPSA) is 103 Å². The molecule has 0 N–H and O–H groups in total. The van der Waals surface area contributed by atoms with Crippen LogP contribution in [-0.4, -0.2) is 45.7 Å². The molecule has 0 aliphatic heterocycles. The lowest BCUT2D eigenvalue weighted by Gasteiger charge is -2.58. The molecular formula is C63H87NO6Si. The van der Waals surface area contributed by atoms with Crippen LogP contribution in [0.5, 0.6) is 5.75 Å². The van der Waals surface area contributed by atoms with Gasteiger partial charge >= 0.3 is 5.97 Å². The van der Waals surface area contributed by atoms with Crippen LogP contribution in [0.15, 0.2) is 97.1 Å². The first-order valence-electron chi connectivity index (χ1n) is 27.5. The molecule has 4 aliphatic carbocycles. The highest BCUT2D eigenvalue weighted by atomic mass is 28.4. The number of rotatable bonds is 22. The Morgan fingerprint density at radius 2 is 1.45 bits per heavy atom. The van der Waals surface area contributed by atoms with Crippen molar-refractivity contribution in [1.29, 1.82) is 5.26 Å². The lowest BCUT2D eigenvalue weighted by molar-refractivity contribution is -0.145. The third-order valence-electron chi connectivity index (χ3n) is 17.8. The number of ether oxygens (including phenoxy) is 2. The molecule has 0 heterocycles. The second kappa shape index (κ2) is 25.4. The van der Waals surface area contributed by atoms with Crippen LogP contribution in [0.4, 0.5) is 0 Å². The molecule has 0 aromatic heterocycles. The fraction of sp³-hybridized carbons (Fsp3) is 0.587. The van der Waals surface area contributed by atoms with Gasteiger partial charge in [0, 0.05) is 36.3 Å². The van der Waals surface area contributed by atoms with E-state index in [4.69, 9.17) is 13.9 Å². The molecule has 3 saturated carbocycles. The summed E-state index contributed by atoms with van der Waals surface area (Å²) in [7, 11) is 0.310. The summed E-state index contributed by atoms with van der Waals surface area (Å²) in [6.45, 7) is 23.3. The van der Waals surface area contributed by atoms with E-state index in [1.807, 2.05) is 55.5 Å². The number of benzene rings is 3. The normalized spacial score (nSPS) is 25.4. The number of nitrogens with zero attached hydrogens (tertiary/aromatic N) is 1. The molecule has 71 heavy (non-hydrogen) atoms. The first-order valence-corrected chi connectivity index (χ1v) is 30.6. The zero-order chi connectivity index (χ0) is 51.3. The molecule has 8 heteroatoms. The van der Waals surface area contributed by atoms with Gasteiger partial charge in [0.2, 0.25) is 0 Å². The maximum absolute atomic E-state index is 13.0. The number of carbonyl (C=O) groups excluding carboxylic acids is 3. The van der Waals surface area contributed by atoms with Crippen LogP contribution in [0.3, 0.4) is 0 Å². The Balaban J connectivity index is 0.000000237. The van der Waals surface area contributed by atoms with Gasteiger partial charge < -0.3 is 13.9 Å². The molecule has 0 saturated heterocycles. The number of allylic oxidation sites excluding steroid dienone is 1. The van der Waals surface area contributed by atoms with Crippen molar-refractivity contribution in [3.63, 3.8) is 0 Å². The fourth-order valence-electron chi connectivity index (χ4n) is 13.3. The smallest absolute Gasteiger partial charge is 0.330 e. The molecule has 0 bridgehead atoms. The van der Waals surface area contributed by atoms with E-state index in [0.717, 1.165) is 97.0 Å². The maximum atomic E-state index is 13.0. The van der Waals surface area contributed by atoms with Gasteiger partial charge in [-0.2, -0.15) is 5.26 Å². The van der Waals surface area contributed by atoms with Crippen molar-refractivity contribution in [1.82, 2.24) is 0 Å². The minimum atomic E-state index is -1.50. The molecule has 384 valence electrons. The van der Waals surface area contributed by atoms with Crippen LogP contribution in [-0.2, 0) is 14.0 Å². The lowest BCUT2D eigenvalue weighted by Crippen LogP contribution is -2.51. The Bertz CT molecular complexity index is 2310. The summed E-state index contributed by atoms with van der Waals surface area (Å²) in [6.07, 6.45) is 22.7. The maximum Gasteiger partial charge on any atom is 0.330 e. The van der Waals surface area contributed by atoms with Crippen LogP contribution in [0, 0.1) is 63.6 Å². The summed E-state index contributed by atoms with van der Waals surface area (Å²) in [5.74, 6) is 4.89. The standard InChI is InChI=1S/C33H39NO4Si.C30H48O2/c1-5-6-9-30(24-34)33(36)29-16-14-28(15-17-29)32(35)27-12-10-25(11-13-27)26-18-20-31(21-19-26)38-22-7-8-23-39(3,4)37-2;1-7-28(31)32-23-15-17-29(5)22(19-23)11-12-24-26-14-13-25(21(4)10-8-9-20(2)3)30(26,6)18-16-27(24)29/h10-21,30H,5-9,22-23H2,1-4H3;7,11,20-21,23-27H,1,8-10,12-19H2,2-6H3/t;21?,23?,24?,25?,26?,27?,29-,30+/m.0/s1. The van der Waals surface area contributed by atoms with Gasteiger partial charge in [-0.15, -0.1) is 0 Å². The average molecular weight is 982 g/mol. The predicted octanol–water partition coefficient (Wildman–Crippen LogP) is 16.2. The number of carbonyl (C=O) groups is 3. The number of Topliss-reactive ketones (excluding diaryl/α,β-unsaturated/α-hetero) is 1. The van der Waals surface area contributed by atoms with Crippen LogP contribution < -0.4 is 4.74 Å². The van der Waals surface area contributed by atoms with Crippen molar-refractivity contribution >= 4 is 25.9 Å². The summed E-state index contributed by atoms with van der Waals surface area (Å²) in [4.78, 5) is 37.4. The van der Waals surface area contributed by atoms with Gasteiger partial charge in [-0.05, 0) is 147 Å². The first-order chi connectivity index (χ1) is 34.0. The summed E-state index contributed by atoms with van der Waals surface area (Å²) >= 11 is 0. The third kappa shape index (κ3) is 13.9. The number of hydrogen-bond acceptors (Lipinski definition) is 7. The molecule has 3 aromatic rings. The Kier molecular flexibility index (Phi) is 19.9. The van der Waals surface area contributed by atoms with Gasteiger partial charge in [-0.1, -0.05) is 159 Å². The number of unbranched alkanes of at least 4 members (excludes halogenated alkanes) is 2. The molecule has 7 unspecified atom stereocenters. The molecule has 3 aromatic carbocycles. The van der Waals surface area contributed by atoms with E-state index >= 15 is 0 Å². The van der Waals surface area contributed by atoms with Gasteiger partial charge in [-0.3, -0.25) is 9.59 Å². The zero-order valence-electron chi connectivity index (χ0n) is 45.0. The zero-order valence-corrected chi connectivity index (χ0v) is 46.0. The monoisotopic (exact) mass is 982 g/mol. The quantitative estimate of drug-likeness (QED) is 0.0247. The molecule has 7 nitrogen and oxygen atoms in total. The van der Waals surface area contributed by atoms with Crippen molar-refractivity contribution in [2.45, 2.75) is 170 Å². The van der Waals surface area contributed by atoms with Crippen molar-refractivity contribution in [3.8, 4) is 22.9 Å². The third-order valence-corrected chi connectivity index (χ3v) is 20.5. The summed E-state index contributed by atoms with van der Waals surface area (Å²) in [5, 5.41) is 9.34. The van der Waals surface area contributed by atoms with Gasteiger partial charge in [0.25, 0.3) is 0 Å². The Labute approximate surface area is 429 Å². The molecule has 9 atom stereocenters. The second-order valence-corrected chi connectivity index (χ2v) is 27.7. The lowest BCUT2D eigenvalue weighted by atomic mass is 9.47. The minimum absolute atomic E-state index is 0.0489. The van der Waals surface area contributed by atoms with Gasteiger partial charge in [-0.25, -0.2) is 4.79 Å². The van der Waals surface area contributed by atoms with E-state index in [-0.39, 0.29) is 23.6 Å². The number of ketones is 2. The van der Waals surface area contributed by atoms with E-state index in [1.54, 1.807) is 36.9 Å². The summed E-state index contributed by atoms with van der Waals surface area (Å²) in [5.41, 5.74) is 6.08. The number of hydrogen-bond donors (Lipinski definition) is 0. The second-order valence-electron chi connectivity index (χ2n) is 23.3. The summed E-state index contributed by atoms with van der Waals surface area (Å²) in [6, 6.07) is 25.4. The SMILES string of the molecule is C=CC(=O)OC1CC[C@@]2(C)C(=CCC3C4CCC(C(C)CCCC(C)C)[C@@]4(C)CCC32)C1.CCCCC(C#N)C(=O)c1ccc(C(=O)c2ccc(-c3ccc(OCCCC[Si](C)(C)OC)cc3)cc2)cc1. The van der Waals surface area contributed by atoms with Crippen molar-refractivity contribution in [2.75, 3.05) is 13.7 Å². The first kappa shape index (κ1) is 55.7. The van der Waals surface area contributed by atoms with Gasteiger partial charge in [0.1, 0.15) is 17.8 Å². The fourth-order valence-corrected chi connectivity index (χ4v) is 14.6. The van der Waals surface area contributed by atoms with E-state index in [9.17, 15) is 19.6 Å². The predicted molar refractivity (Wildman–Crippen MR) is 292 cm³/mol. The minimum Gasteiger partial charge on any atom is -0.494 e.